The van der Waals surface area contributed by atoms with E-state index in [1.54, 1.807) is 0 Å². The van der Waals surface area contributed by atoms with Gasteiger partial charge in [-0.2, -0.15) is 10.2 Å². The summed E-state index contributed by atoms with van der Waals surface area (Å²) in [5, 5.41) is 8.54. The third kappa shape index (κ3) is 5.61. The molecule has 0 amide bonds. The maximum atomic E-state index is 5.51. The van der Waals surface area contributed by atoms with E-state index in [0.717, 1.165) is 43.1 Å². The highest BCUT2D eigenvalue weighted by molar-refractivity contribution is 8.93. The Bertz CT molecular complexity index is 534. The molecule has 5 nitrogen and oxygen atoms in total. The second kappa shape index (κ2) is 9.38. The summed E-state index contributed by atoms with van der Waals surface area (Å²) >= 11 is 0. The Morgan fingerprint density at radius 1 is 1.18 bits per heavy atom. The summed E-state index contributed by atoms with van der Waals surface area (Å²) in [5.74, 6) is 0. The number of halogens is 1. The van der Waals surface area contributed by atoms with Crippen molar-refractivity contribution in [2.75, 3.05) is 38.6 Å². The van der Waals surface area contributed by atoms with Crippen LogP contribution in [0.2, 0.25) is 0 Å². The van der Waals surface area contributed by atoms with Crippen molar-refractivity contribution in [2.45, 2.75) is 6.42 Å². The molecule has 0 unspecified atom stereocenters. The first kappa shape index (κ1) is 18.4. The molecule has 0 spiro atoms. The quantitative estimate of drug-likeness (QED) is 0.785. The maximum absolute atomic E-state index is 5.51. The fourth-order valence-electron chi connectivity index (χ4n) is 1.99. The summed E-state index contributed by atoms with van der Waals surface area (Å²) in [5.41, 5.74) is 8.43. The fourth-order valence-corrected chi connectivity index (χ4v) is 1.99. The lowest BCUT2D eigenvalue weighted by molar-refractivity contribution is 0.404. The highest BCUT2D eigenvalue weighted by Crippen LogP contribution is 2.20. The smallest absolute Gasteiger partial charge is 0.0858 e. The number of benzene rings is 1. The molecule has 0 fully saturated rings. The lowest BCUT2D eigenvalue weighted by Crippen LogP contribution is -2.22. The summed E-state index contributed by atoms with van der Waals surface area (Å²) < 4.78 is 0. The third-order valence-electron chi connectivity index (χ3n) is 3.29. The molecule has 0 radical (unpaired) electrons. The van der Waals surface area contributed by atoms with E-state index in [2.05, 4.69) is 32.3 Å². The van der Waals surface area contributed by atoms with E-state index in [0.29, 0.717) is 0 Å². The minimum atomic E-state index is 0. The first-order valence-corrected chi connectivity index (χ1v) is 7.20. The van der Waals surface area contributed by atoms with Gasteiger partial charge in [-0.05, 0) is 49.4 Å². The highest BCUT2D eigenvalue weighted by atomic mass is 79.9. The molecule has 120 valence electrons. The molecule has 0 saturated heterocycles. The zero-order valence-electron chi connectivity index (χ0n) is 13.1. The molecule has 1 aliphatic rings. The summed E-state index contributed by atoms with van der Waals surface area (Å²) in [7, 11) is 4.04. The Labute approximate surface area is 143 Å². The predicted molar refractivity (Wildman–Crippen MR) is 98.1 cm³/mol. The van der Waals surface area contributed by atoms with E-state index in [1.165, 1.54) is 0 Å². The van der Waals surface area contributed by atoms with Gasteiger partial charge in [-0.3, -0.25) is 0 Å². The number of anilines is 1. The van der Waals surface area contributed by atoms with Gasteiger partial charge < -0.3 is 15.5 Å². The Morgan fingerprint density at radius 2 is 1.91 bits per heavy atom. The van der Waals surface area contributed by atoms with E-state index in [-0.39, 0.29) is 17.0 Å². The average Bonchev–Trinajstić information content (AvgIpc) is 2.52. The van der Waals surface area contributed by atoms with Crippen LogP contribution in [0.5, 0.6) is 0 Å². The summed E-state index contributed by atoms with van der Waals surface area (Å²) in [6.07, 6.45) is 7.12. The van der Waals surface area contributed by atoms with Crippen LogP contribution in [0.15, 0.2) is 58.5 Å². The number of nitrogens with zero attached hydrogens (tertiary/aromatic N) is 4. The number of hydrogen-bond donors (Lipinski definition) is 1. The SMILES string of the molecule is Br.CN(C)c1ccc(/N=N/C2=CCN(CCCN)C=C2)cc1. The van der Waals surface area contributed by atoms with E-state index < -0.39 is 0 Å². The van der Waals surface area contributed by atoms with Crippen molar-refractivity contribution >= 4 is 28.4 Å². The van der Waals surface area contributed by atoms with E-state index >= 15 is 0 Å². The van der Waals surface area contributed by atoms with Crippen molar-refractivity contribution < 1.29 is 0 Å². The molecule has 1 aromatic carbocycles. The molecule has 1 heterocycles. The maximum Gasteiger partial charge on any atom is 0.0858 e. The first-order chi connectivity index (χ1) is 10.2. The van der Waals surface area contributed by atoms with E-state index in [9.17, 15) is 0 Å². The van der Waals surface area contributed by atoms with Gasteiger partial charge in [0.25, 0.3) is 0 Å². The molecule has 0 bridgehead atoms. The van der Waals surface area contributed by atoms with Crippen LogP contribution in [-0.2, 0) is 0 Å². The van der Waals surface area contributed by atoms with Crippen molar-refractivity contribution in [1.82, 2.24) is 4.90 Å². The predicted octanol–water partition coefficient (Wildman–Crippen LogP) is 3.48. The van der Waals surface area contributed by atoms with Gasteiger partial charge in [0.05, 0.1) is 11.4 Å². The Kier molecular flexibility index (Phi) is 7.84. The van der Waals surface area contributed by atoms with Gasteiger partial charge in [0.1, 0.15) is 0 Å². The van der Waals surface area contributed by atoms with Crippen LogP contribution >= 0.6 is 17.0 Å². The van der Waals surface area contributed by atoms with Gasteiger partial charge in [0, 0.05) is 39.1 Å². The summed E-state index contributed by atoms with van der Waals surface area (Å²) in [4.78, 5) is 4.28. The van der Waals surface area contributed by atoms with Gasteiger partial charge in [-0.15, -0.1) is 17.0 Å². The molecular formula is C16H24BrN5. The van der Waals surface area contributed by atoms with Crippen LogP contribution in [0, 0.1) is 0 Å². The van der Waals surface area contributed by atoms with E-state index in [1.807, 2.05) is 44.4 Å². The van der Waals surface area contributed by atoms with Crippen molar-refractivity contribution in [2.24, 2.45) is 16.0 Å². The molecule has 2 rings (SSSR count). The van der Waals surface area contributed by atoms with Crippen molar-refractivity contribution in [3.8, 4) is 0 Å². The lowest BCUT2D eigenvalue weighted by Gasteiger charge is -2.20. The van der Waals surface area contributed by atoms with Crippen LogP contribution < -0.4 is 10.6 Å². The second-order valence-corrected chi connectivity index (χ2v) is 5.19. The van der Waals surface area contributed by atoms with Crippen LogP contribution in [-0.4, -0.2) is 38.6 Å². The lowest BCUT2D eigenvalue weighted by atomic mass is 10.2. The standard InChI is InChI=1S/C16H23N5.BrH/c1-20(2)16-6-4-14(5-7-16)18-19-15-8-12-21(13-9-15)11-3-10-17;/h4-9,12H,3,10-11,13,17H2,1-2H3;1H/b19-18+;. The molecule has 0 aliphatic carbocycles. The third-order valence-corrected chi connectivity index (χ3v) is 3.29. The normalized spacial score (nSPS) is 14.0. The van der Waals surface area contributed by atoms with E-state index in [4.69, 9.17) is 5.73 Å². The Morgan fingerprint density at radius 3 is 2.45 bits per heavy atom. The van der Waals surface area contributed by atoms with Gasteiger partial charge in [-0.1, -0.05) is 0 Å². The molecule has 1 aliphatic heterocycles. The monoisotopic (exact) mass is 365 g/mol. The van der Waals surface area contributed by atoms with Crippen LogP contribution in [0.25, 0.3) is 0 Å². The molecule has 2 N–H and O–H groups in total. The van der Waals surface area contributed by atoms with Crippen molar-refractivity contribution in [1.29, 1.82) is 0 Å². The van der Waals surface area contributed by atoms with Crippen LogP contribution in [0.1, 0.15) is 6.42 Å². The number of azo groups is 1. The number of rotatable bonds is 6. The van der Waals surface area contributed by atoms with Gasteiger partial charge >= 0.3 is 0 Å². The molecule has 0 saturated carbocycles. The number of allylic oxidation sites excluding steroid dienone is 1. The number of hydrogen-bond acceptors (Lipinski definition) is 5. The first-order valence-electron chi connectivity index (χ1n) is 7.20. The van der Waals surface area contributed by atoms with Crippen LogP contribution in [0.4, 0.5) is 11.4 Å². The van der Waals surface area contributed by atoms with Crippen LogP contribution in [0.3, 0.4) is 0 Å². The van der Waals surface area contributed by atoms with Crippen molar-refractivity contribution in [3.63, 3.8) is 0 Å². The van der Waals surface area contributed by atoms with Gasteiger partial charge in [0.2, 0.25) is 0 Å². The molecule has 1 aromatic rings. The van der Waals surface area contributed by atoms with Gasteiger partial charge in [0.15, 0.2) is 0 Å². The summed E-state index contributed by atoms with van der Waals surface area (Å²) in [6.45, 7) is 2.58. The topological polar surface area (TPSA) is 57.2 Å². The zero-order chi connectivity index (χ0) is 15.1. The number of nitrogens with two attached hydrogens (primary N) is 1. The Balaban J connectivity index is 0.00000242. The molecule has 0 atom stereocenters. The molecule has 22 heavy (non-hydrogen) atoms. The summed E-state index contributed by atoms with van der Waals surface area (Å²) in [6, 6.07) is 8.01. The second-order valence-electron chi connectivity index (χ2n) is 5.19. The molecule has 0 aromatic heterocycles. The van der Waals surface area contributed by atoms with Crippen molar-refractivity contribution in [3.05, 3.63) is 48.3 Å². The van der Waals surface area contributed by atoms with Gasteiger partial charge in [-0.25, -0.2) is 0 Å². The minimum absolute atomic E-state index is 0. The minimum Gasteiger partial charge on any atom is -0.378 e. The molecule has 6 heteroatoms. The highest BCUT2D eigenvalue weighted by Gasteiger charge is 2.03. The average molecular weight is 366 g/mol. The zero-order valence-corrected chi connectivity index (χ0v) is 14.9. The molecular weight excluding hydrogens is 342 g/mol. The Hall–Kier alpha value is -1.66. The fraction of sp³-hybridized carbons (Fsp3) is 0.375. The largest absolute Gasteiger partial charge is 0.378 e.